The molecule has 0 aliphatic heterocycles. The summed E-state index contributed by atoms with van der Waals surface area (Å²) in [5.41, 5.74) is 0. The van der Waals surface area contributed by atoms with Crippen LogP contribution >= 0.6 is 20.0 Å². The Morgan fingerprint density at radius 2 is 1.00 bits per heavy atom. The molecule has 0 radical (unpaired) electrons. The SMILES string of the molecule is [CH3][Ge]([CH3])([Cl])[c]1cccc2[c]([Ge]([CH3])([CH3])[Cl])cccc12. The van der Waals surface area contributed by atoms with Gasteiger partial charge in [-0.25, -0.2) is 0 Å². The van der Waals surface area contributed by atoms with Gasteiger partial charge in [-0.05, 0) is 0 Å². The third kappa shape index (κ3) is 2.92. The van der Waals surface area contributed by atoms with Crippen LogP contribution in [0.1, 0.15) is 0 Å². The number of halogens is 2. The van der Waals surface area contributed by atoms with E-state index in [2.05, 4.69) is 59.4 Å². The topological polar surface area (TPSA) is 0 Å². The first-order valence-electron chi connectivity index (χ1n) is 6.12. The van der Waals surface area contributed by atoms with E-state index >= 15 is 0 Å². The van der Waals surface area contributed by atoms with Crippen molar-refractivity contribution in [3.8, 4) is 0 Å². The minimum atomic E-state index is -2.34. The molecular weight excluding hydrogens is 384 g/mol. The molecule has 0 saturated heterocycles. The number of hydrogen-bond acceptors (Lipinski definition) is 0. The summed E-state index contributed by atoms with van der Waals surface area (Å²) in [5, 5.41) is 2.63. The van der Waals surface area contributed by atoms with Crippen LogP contribution in [0.3, 0.4) is 0 Å². The molecule has 0 nitrogen and oxygen atoms in total. The van der Waals surface area contributed by atoms with Gasteiger partial charge in [0.15, 0.2) is 0 Å². The van der Waals surface area contributed by atoms with Crippen LogP contribution in [0.2, 0.25) is 23.0 Å². The van der Waals surface area contributed by atoms with Crippen molar-refractivity contribution >= 4 is 64.3 Å². The van der Waals surface area contributed by atoms with Gasteiger partial charge in [-0.2, -0.15) is 0 Å². The van der Waals surface area contributed by atoms with Crippen LogP contribution in [0.15, 0.2) is 36.4 Å². The van der Waals surface area contributed by atoms with Crippen LogP contribution < -0.4 is 8.79 Å². The van der Waals surface area contributed by atoms with E-state index in [1.54, 1.807) is 0 Å². The molecule has 2 aromatic carbocycles. The van der Waals surface area contributed by atoms with Gasteiger partial charge in [0, 0.05) is 0 Å². The monoisotopic (exact) mass is 404 g/mol. The molecule has 96 valence electrons. The van der Waals surface area contributed by atoms with Gasteiger partial charge in [-0.15, -0.1) is 0 Å². The zero-order chi connectivity index (χ0) is 13.6. The van der Waals surface area contributed by atoms with Gasteiger partial charge in [-0.3, -0.25) is 0 Å². The molecule has 2 rings (SSSR count). The van der Waals surface area contributed by atoms with Crippen molar-refractivity contribution in [1.29, 1.82) is 0 Å². The summed E-state index contributed by atoms with van der Waals surface area (Å²) in [5.74, 6) is 8.87. The number of fused-ring (bicyclic) bond motifs is 1. The Labute approximate surface area is 123 Å². The van der Waals surface area contributed by atoms with Gasteiger partial charge in [0.25, 0.3) is 0 Å². The Morgan fingerprint density at radius 3 is 1.28 bits per heavy atom. The van der Waals surface area contributed by atoms with Crippen LogP contribution in [0.25, 0.3) is 10.8 Å². The molecule has 0 saturated carbocycles. The van der Waals surface area contributed by atoms with E-state index in [1.807, 2.05) is 0 Å². The summed E-state index contributed by atoms with van der Waals surface area (Å²) in [6.07, 6.45) is 0. The Balaban J connectivity index is 2.82. The van der Waals surface area contributed by atoms with Gasteiger partial charge >= 0.3 is 124 Å². The molecule has 0 atom stereocenters. The average Bonchev–Trinajstić information content (AvgIpc) is 2.24. The second kappa shape index (κ2) is 5.04. The molecule has 0 spiro atoms. The van der Waals surface area contributed by atoms with Gasteiger partial charge < -0.3 is 0 Å². The first-order chi connectivity index (χ1) is 8.21. The first kappa shape index (κ1) is 14.8. The van der Waals surface area contributed by atoms with Crippen LogP contribution in [-0.4, -0.2) is 24.7 Å². The third-order valence-electron chi connectivity index (χ3n) is 3.20. The predicted octanol–water partition coefficient (Wildman–Crippen LogP) is 4.14. The number of rotatable bonds is 2. The molecule has 0 fully saturated rings. The molecule has 0 aromatic heterocycles. The van der Waals surface area contributed by atoms with E-state index < -0.39 is 24.7 Å². The molecule has 0 N–H and O–H groups in total. The molecule has 18 heavy (non-hydrogen) atoms. The van der Waals surface area contributed by atoms with Crippen LogP contribution in [-0.2, 0) is 0 Å². The van der Waals surface area contributed by atoms with Crippen LogP contribution in [0, 0.1) is 0 Å². The van der Waals surface area contributed by atoms with Crippen molar-refractivity contribution in [2.45, 2.75) is 23.0 Å². The second-order valence-corrected chi connectivity index (χ2v) is 30.1. The third-order valence-corrected chi connectivity index (χ3v) is 12.5. The summed E-state index contributed by atoms with van der Waals surface area (Å²) in [6, 6.07) is 13.0. The molecule has 0 heterocycles. The van der Waals surface area contributed by atoms with Gasteiger partial charge in [0.05, 0.1) is 0 Å². The summed E-state index contributed by atoms with van der Waals surface area (Å²) in [6.45, 7) is 0. The van der Waals surface area contributed by atoms with Crippen molar-refractivity contribution in [3.63, 3.8) is 0 Å². The summed E-state index contributed by atoms with van der Waals surface area (Å²) < 4.78 is 2.72. The maximum absolute atomic E-state index is 6.67. The number of hydrogen-bond donors (Lipinski definition) is 0. The van der Waals surface area contributed by atoms with E-state index in [1.165, 1.54) is 19.6 Å². The zero-order valence-corrected chi connectivity index (χ0v) is 16.9. The Morgan fingerprint density at radius 1 is 0.667 bits per heavy atom. The van der Waals surface area contributed by atoms with Crippen LogP contribution in [0.5, 0.6) is 0 Å². The first-order valence-corrected chi connectivity index (χ1v) is 22.1. The fourth-order valence-electron chi connectivity index (χ4n) is 2.35. The maximum atomic E-state index is 6.67. The Kier molecular flexibility index (Phi) is 4.14. The van der Waals surface area contributed by atoms with E-state index in [9.17, 15) is 0 Å². The molecule has 0 unspecified atom stereocenters. The van der Waals surface area contributed by atoms with Crippen molar-refractivity contribution in [2.24, 2.45) is 0 Å². The standard InChI is InChI=1S/C14H18Cl2Ge2/c1-17(2,15)13-9-5-8-12-11(13)7-6-10-14(12)18(3,4)16/h5-10H,1-4H3. The summed E-state index contributed by atoms with van der Waals surface area (Å²) >= 11 is -4.69. The van der Waals surface area contributed by atoms with Crippen molar-refractivity contribution < 1.29 is 0 Å². The molecule has 0 aliphatic rings. The predicted molar refractivity (Wildman–Crippen MR) is 89.9 cm³/mol. The molecule has 4 heteroatoms. The Bertz CT molecular complexity index is 527. The zero-order valence-electron chi connectivity index (χ0n) is 11.2. The van der Waals surface area contributed by atoms with Gasteiger partial charge in [-0.1, -0.05) is 0 Å². The quantitative estimate of drug-likeness (QED) is 0.663. The second-order valence-electron chi connectivity index (χ2n) is 5.65. The molecule has 0 bridgehead atoms. The fraction of sp³-hybridized carbons (Fsp3) is 0.286. The van der Waals surface area contributed by atoms with Crippen molar-refractivity contribution in [2.75, 3.05) is 0 Å². The fourth-order valence-corrected chi connectivity index (χ4v) is 9.73. The average molecular weight is 402 g/mol. The minimum absolute atomic E-state index is 1.31. The van der Waals surface area contributed by atoms with E-state index in [0.717, 1.165) is 0 Å². The van der Waals surface area contributed by atoms with Gasteiger partial charge in [0.2, 0.25) is 0 Å². The Hall–Kier alpha value is 0.366. The summed E-state index contributed by atoms with van der Waals surface area (Å²) in [4.78, 5) is 0. The molecule has 0 aliphatic carbocycles. The van der Waals surface area contributed by atoms with Gasteiger partial charge in [0.1, 0.15) is 0 Å². The van der Waals surface area contributed by atoms with E-state index in [4.69, 9.17) is 20.0 Å². The summed E-state index contributed by atoms with van der Waals surface area (Å²) in [7, 11) is 13.3. The number of benzene rings is 2. The van der Waals surface area contributed by atoms with Crippen LogP contribution in [0.4, 0.5) is 0 Å². The molecular formula is C14H18Cl2Ge2. The van der Waals surface area contributed by atoms with Crippen molar-refractivity contribution in [3.05, 3.63) is 36.4 Å². The van der Waals surface area contributed by atoms with Crippen molar-refractivity contribution in [1.82, 2.24) is 0 Å². The van der Waals surface area contributed by atoms with E-state index in [-0.39, 0.29) is 0 Å². The van der Waals surface area contributed by atoms with E-state index in [0.29, 0.717) is 0 Å². The normalized spacial score (nSPS) is 13.0. The molecule has 2 aromatic rings. The molecule has 0 amide bonds.